The molecule has 0 aromatic carbocycles. The van der Waals surface area contributed by atoms with Gasteiger partial charge in [-0.2, -0.15) is 0 Å². The first-order valence-corrected chi connectivity index (χ1v) is 3.12. The number of ether oxygens (including phenoxy) is 1. The molecular formula is C7H12O2. The molecule has 1 aliphatic rings. The zero-order chi connectivity index (χ0) is 6.91. The Morgan fingerprint density at radius 2 is 2.33 bits per heavy atom. The van der Waals surface area contributed by atoms with Gasteiger partial charge in [-0.05, 0) is 19.9 Å². The fraction of sp³-hybridized carbons (Fsp3) is 0.714. The Morgan fingerprint density at radius 1 is 1.67 bits per heavy atom. The predicted molar refractivity (Wildman–Crippen MR) is 34.9 cm³/mol. The van der Waals surface area contributed by atoms with Crippen LogP contribution in [0.25, 0.3) is 0 Å². The van der Waals surface area contributed by atoms with Crippen LogP contribution in [0.4, 0.5) is 0 Å². The third-order valence-corrected chi connectivity index (χ3v) is 1.77. The smallest absolute Gasteiger partial charge is 0.111 e. The molecule has 0 saturated carbocycles. The van der Waals surface area contributed by atoms with Crippen molar-refractivity contribution in [1.82, 2.24) is 0 Å². The van der Waals surface area contributed by atoms with Gasteiger partial charge in [0.25, 0.3) is 0 Å². The molecule has 0 aliphatic carbocycles. The molecule has 1 N–H and O–H groups in total. The van der Waals surface area contributed by atoms with Crippen LogP contribution >= 0.6 is 0 Å². The zero-order valence-corrected chi connectivity index (χ0v) is 5.79. The molecule has 9 heavy (non-hydrogen) atoms. The van der Waals surface area contributed by atoms with Crippen LogP contribution in [0.2, 0.25) is 0 Å². The van der Waals surface area contributed by atoms with Gasteiger partial charge in [-0.1, -0.05) is 0 Å². The predicted octanol–water partition coefficient (Wildman–Crippen LogP) is 0.917. The van der Waals surface area contributed by atoms with Crippen molar-refractivity contribution < 1.29 is 9.84 Å². The molecule has 1 aliphatic heterocycles. The maximum absolute atomic E-state index is 8.77. The van der Waals surface area contributed by atoms with Crippen LogP contribution in [0, 0.1) is 5.92 Å². The molecule has 1 rings (SSSR count). The van der Waals surface area contributed by atoms with Crippen LogP contribution in [0.5, 0.6) is 0 Å². The minimum absolute atomic E-state index is 0.164. The van der Waals surface area contributed by atoms with Gasteiger partial charge >= 0.3 is 0 Å². The van der Waals surface area contributed by atoms with Crippen LogP contribution in [0.3, 0.4) is 0 Å². The lowest BCUT2D eigenvalue weighted by molar-refractivity contribution is 0.0241. The lowest BCUT2D eigenvalue weighted by Gasteiger charge is -2.24. The first-order valence-electron chi connectivity index (χ1n) is 3.12. The second-order valence-electron chi connectivity index (χ2n) is 2.84. The summed E-state index contributed by atoms with van der Waals surface area (Å²) in [4.78, 5) is 0. The summed E-state index contributed by atoms with van der Waals surface area (Å²) < 4.78 is 5.20. The van der Waals surface area contributed by atoms with Gasteiger partial charge in [0.2, 0.25) is 0 Å². The van der Waals surface area contributed by atoms with Crippen molar-refractivity contribution in [2.45, 2.75) is 19.4 Å². The highest BCUT2D eigenvalue weighted by molar-refractivity contribution is 5.00. The highest BCUT2D eigenvalue weighted by Crippen LogP contribution is 2.27. The standard InChI is InChI=1S/C7H12O2/c1-7(2)6(5-8)3-4-9-7/h3-4,6,8H,5H2,1-2H3. The minimum Gasteiger partial charge on any atom is -0.495 e. The molecule has 0 spiro atoms. The van der Waals surface area contributed by atoms with Crippen LogP contribution in [-0.2, 0) is 4.74 Å². The van der Waals surface area contributed by atoms with Crippen molar-refractivity contribution in [3.63, 3.8) is 0 Å². The summed E-state index contributed by atoms with van der Waals surface area (Å²) in [6, 6.07) is 0. The highest BCUT2D eigenvalue weighted by atomic mass is 16.5. The lowest BCUT2D eigenvalue weighted by atomic mass is 9.94. The third kappa shape index (κ3) is 1.08. The van der Waals surface area contributed by atoms with Crippen molar-refractivity contribution in [3.8, 4) is 0 Å². The number of hydrogen-bond donors (Lipinski definition) is 1. The summed E-state index contributed by atoms with van der Waals surface area (Å²) in [6.45, 7) is 4.10. The highest BCUT2D eigenvalue weighted by Gasteiger charge is 2.31. The van der Waals surface area contributed by atoms with Crippen LogP contribution in [0.1, 0.15) is 13.8 Å². The molecule has 0 amide bonds. The van der Waals surface area contributed by atoms with E-state index < -0.39 is 0 Å². The van der Waals surface area contributed by atoms with E-state index in [0.717, 1.165) is 0 Å². The molecule has 2 heteroatoms. The van der Waals surface area contributed by atoms with E-state index in [1.165, 1.54) is 0 Å². The summed E-state index contributed by atoms with van der Waals surface area (Å²) in [6.07, 6.45) is 3.54. The molecule has 2 nitrogen and oxygen atoms in total. The summed E-state index contributed by atoms with van der Waals surface area (Å²) in [7, 11) is 0. The molecule has 1 unspecified atom stereocenters. The molecule has 52 valence electrons. The van der Waals surface area contributed by atoms with Gasteiger partial charge in [0.15, 0.2) is 0 Å². The molecule has 1 heterocycles. The maximum Gasteiger partial charge on any atom is 0.111 e. The Kier molecular flexibility index (Phi) is 1.49. The van der Waals surface area contributed by atoms with Gasteiger partial charge in [0.1, 0.15) is 5.60 Å². The normalized spacial score (nSPS) is 30.3. The Morgan fingerprint density at radius 3 is 2.56 bits per heavy atom. The average molecular weight is 128 g/mol. The van der Waals surface area contributed by atoms with E-state index in [4.69, 9.17) is 9.84 Å². The van der Waals surface area contributed by atoms with Crippen LogP contribution in [0.15, 0.2) is 12.3 Å². The van der Waals surface area contributed by atoms with E-state index in [1.807, 2.05) is 19.9 Å². The van der Waals surface area contributed by atoms with Crippen molar-refractivity contribution in [1.29, 1.82) is 0 Å². The Balaban J connectivity index is 2.60. The van der Waals surface area contributed by atoms with Gasteiger partial charge in [-0.3, -0.25) is 0 Å². The molecule has 0 fully saturated rings. The van der Waals surface area contributed by atoms with Gasteiger partial charge in [0, 0.05) is 5.92 Å². The van der Waals surface area contributed by atoms with E-state index in [0.29, 0.717) is 0 Å². The second-order valence-corrected chi connectivity index (χ2v) is 2.84. The SMILES string of the molecule is CC1(C)OC=CC1CO. The lowest BCUT2D eigenvalue weighted by Crippen LogP contribution is -2.29. The van der Waals surface area contributed by atoms with Crippen LogP contribution < -0.4 is 0 Å². The summed E-state index contributed by atoms with van der Waals surface area (Å²) in [5.41, 5.74) is -0.200. The Hall–Kier alpha value is -0.500. The van der Waals surface area contributed by atoms with Crippen molar-refractivity contribution in [2.75, 3.05) is 6.61 Å². The monoisotopic (exact) mass is 128 g/mol. The van der Waals surface area contributed by atoms with Crippen molar-refractivity contribution in [2.24, 2.45) is 5.92 Å². The van der Waals surface area contributed by atoms with E-state index in [1.54, 1.807) is 6.26 Å². The molecule has 0 aromatic rings. The quantitative estimate of drug-likeness (QED) is 0.569. The zero-order valence-electron chi connectivity index (χ0n) is 5.79. The van der Waals surface area contributed by atoms with Crippen molar-refractivity contribution >= 4 is 0 Å². The summed E-state index contributed by atoms with van der Waals surface area (Å²) >= 11 is 0. The molecule has 0 aromatic heterocycles. The fourth-order valence-corrected chi connectivity index (χ4v) is 0.909. The summed E-state index contributed by atoms with van der Waals surface area (Å²) in [5.74, 6) is 0.164. The molecule has 1 atom stereocenters. The third-order valence-electron chi connectivity index (χ3n) is 1.77. The number of aliphatic hydroxyl groups is 1. The van der Waals surface area contributed by atoms with Crippen LogP contribution in [-0.4, -0.2) is 17.3 Å². The van der Waals surface area contributed by atoms with E-state index >= 15 is 0 Å². The van der Waals surface area contributed by atoms with Gasteiger partial charge in [-0.25, -0.2) is 0 Å². The molecular weight excluding hydrogens is 116 g/mol. The second kappa shape index (κ2) is 2.03. The Bertz CT molecular complexity index is 127. The minimum atomic E-state index is -0.200. The van der Waals surface area contributed by atoms with E-state index in [2.05, 4.69) is 0 Å². The van der Waals surface area contributed by atoms with E-state index in [9.17, 15) is 0 Å². The van der Waals surface area contributed by atoms with E-state index in [-0.39, 0.29) is 18.1 Å². The number of aliphatic hydroxyl groups excluding tert-OH is 1. The molecule has 0 saturated heterocycles. The van der Waals surface area contributed by atoms with Gasteiger partial charge in [-0.15, -0.1) is 0 Å². The number of hydrogen-bond acceptors (Lipinski definition) is 2. The van der Waals surface area contributed by atoms with Crippen molar-refractivity contribution in [3.05, 3.63) is 12.3 Å². The first-order chi connectivity index (χ1) is 4.17. The largest absolute Gasteiger partial charge is 0.495 e. The maximum atomic E-state index is 8.77. The molecule has 0 radical (unpaired) electrons. The summed E-state index contributed by atoms with van der Waals surface area (Å²) in [5, 5.41) is 8.77. The molecule has 0 bridgehead atoms. The average Bonchev–Trinajstić information content (AvgIpc) is 2.08. The Labute approximate surface area is 55.1 Å². The van der Waals surface area contributed by atoms with Gasteiger partial charge < -0.3 is 9.84 Å². The van der Waals surface area contributed by atoms with Gasteiger partial charge in [0.05, 0.1) is 12.9 Å². The topological polar surface area (TPSA) is 29.5 Å². The first kappa shape index (κ1) is 6.62. The number of rotatable bonds is 1. The fourth-order valence-electron chi connectivity index (χ4n) is 0.909.